The summed E-state index contributed by atoms with van der Waals surface area (Å²) < 4.78 is 13.6. The van der Waals surface area contributed by atoms with E-state index in [2.05, 4.69) is 0 Å². The maximum atomic E-state index is 13.6. The quantitative estimate of drug-likeness (QED) is 0.897. The summed E-state index contributed by atoms with van der Waals surface area (Å²) in [6.45, 7) is 1.94. The molecular formula is C15H15ClFNS. The first kappa shape index (κ1) is 14.4. The summed E-state index contributed by atoms with van der Waals surface area (Å²) in [6.07, 6.45) is 0.740. The number of nitrogens with two attached hydrogens (primary N) is 1. The van der Waals surface area contributed by atoms with Gasteiger partial charge in [0.2, 0.25) is 0 Å². The molecule has 2 N–H and O–H groups in total. The van der Waals surface area contributed by atoms with Crippen molar-refractivity contribution in [2.75, 3.05) is 0 Å². The molecule has 0 radical (unpaired) electrons. The third kappa shape index (κ3) is 3.96. The van der Waals surface area contributed by atoms with E-state index in [0.29, 0.717) is 9.92 Å². The van der Waals surface area contributed by atoms with Gasteiger partial charge < -0.3 is 5.73 Å². The van der Waals surface area contributed by atoms with Crippen molar-refractivity contribution >= 4 is 23.4 Å². The average Bonchev–Trinajstić information content (AvgIpc) is 2.35. The summed E-state index contributed by atoms with van der Waals surface area (Å²) in [7, 11) is 0. The predicted molar refractivity (Wildman–Crippen MR) is 79.3 cm³/mol. The Labute approximate surface area is 122 Å². The van der Waals surface area contributed by atoms with Crippen LogP contribution in [-0.4, -0.2) is 6.04 Å². The highest BCUT2D eigenvalue weighted by atomic mass is 35.5. The minimum absolute atomic E-state index is 0.0718. The average molecular weight is 296 g/mol. The number of hydrogen-bond donors (Lipinski definition) is 1. The Hall–Kier alpha value is -1.03. The fraction of sp³-hybridized carbons (Fsp3) is 0.200. The van der Waals surface area contributed by atoms with Crippen LogP contribution in [0.3, 0.4) is 0 Å². The van der Waals surface area contributed by atoms with Crippen molar-refractivity contribution in [3.63, 3.8) is 0 Å². The molecule has 0 aliphatic carbocycles. The van der Waals surface area contributed by atoms with Crippen LogP contribution in [0.5, 0.6) is 0 Å². The molecule has 2 aromatic rings. The van der Waals surface area contributed by atoms with Crippen molar-refractivity contribution < 1.29 is 4.39 Å². The molecule has 19 heavy (non-hydrogen) atoms. The summed E-state index contributed by atoms with van der Waals surface area (Å²) >= 11 is 7.58. The van der Waals surface area contributed by atoms with Crippen LogP contribution < -0.4 is 5.73 Å². The Balaban J connectivity index is 2.19. The van der Waals surface area contributed by atoms with Crippen LogP contribution in [0.2, 0.25) is 5.02 Å². The molecule has 2 rings (SSSR count). The van der Waals surface area contributed by atoms with Gasteiger partial charge in [-0.3, -0.25) is 0 Å². The highest BCUT2D eigenvalue weighted by Crippen LogP contribution is 2.32. The molecule has 2 aromatic carbocycles. The zero-order valence-electron chi connectivity index (χ0n) is 10.6. The Morgan fingerprint density at radius 3 is 2.63 bits per heavy atom. The molecule has 0 aliphatic rings. The van der Waals surface area contributed by atoms with Gasteiger partial charge in [-0.05, 0) is 43.2 Å². The largest absolute Gasteiger partial charge is 0.328 e. The smallest absolute Gasteiger partial charge is 0.137 e. The topological polar surface area (TPSA) is 26.0 Å². The van der Waals surface area contributed by atoms with Crippen LogP contribution >= 0.6 is 23.4 Å². The first-order chi connectivity index (χ1) is 9.06. The van der Waals surface area contributed by atoms with E-state index >= 15 is 0 Å². The lowest BCUT2D eigenvalue weighted by Crippen LogP contribution is -2.17. The lowest BCUT2D eigenvalue weighted by Gasteiger charge is -2.09. The van der Waals surface area contributed by atoms with Crippen molar-refractivity contribution in [2.24, 2.45) is 5.73 Å². The van der Waals surface area contributed by atoms with Crippen LogP contribution in [0.4, 0.5) is 4.39 Å². The Morgan fingerprint density at radius 1 is 1.26 bits per heavy atom. The standard InChI is InChI=1S/C15H15ClFNS/c1-10(18)8-11-6-7-12(9-13(11)16)19-15-5-3-2-4-14(15)17/h2-7,9-10H,8,18H2,1H3. The van der Waals surface area contributed by atoms with Gasteiger partial charge in [-0.15, -0.1) is 0 Å². The number of benzene rings is 2. The number of halogens is 2. The second kappa shape index (κ2) is 6.42. The van der Waals surface area contributed by atoms with Gasteiger partial charge in [-0.25, -0.2) is 4.39 Å². The van der Waals surface area contributed by atoms with Crippen molar-refractivity contribution in [2.45, 2.75) is 29.2 Å². The molecule has 0 aliphatic heterocycles. The minimum atomic E-state index is -0.219. The highest BCUT2D eigenvalue weighted by molar-refractivity contribution is 7.99. The molecular weight excluding hydrogens is 281 g/mol. The fourth-order valence-corrected chi connectivity index (χ4v) is 2.96. The van der Waals surface area contributed by atoms with Crippen molar-refractivity contribution in [1.82, 2.24) is 0 Å². The van der Waals surface area contributed by atoms with Crippen molar-refractivity contribution in [1.29, 1.82) is 0 Å². The maximum absolute atomic E-state index is 13.6. The molecule has 1 unspecified atom stereocenters. The van der Waals surface area contributed by atoms with E-state index in [1.807, 2.05) is 31.2 Å². The van der Waals surface area contributed by atoms with E-state index in [1.165, 1.54) is 17.8 Å². The summed E-state index contributed by atoms with van der Waals surface area (Å²) in [6, 6.07) is 12.5. The summed E-state index contributed by atoms with van der Waals surface area (Å²) in [4.78, 5) is 1.52. The zero-order chi connectivity index (χ0) is 13.8. The normalized spacial score (nSPS) is 12.4. The molecule has 100 valence electrons. The van der Waals surface area contributed by atoms with Gasteiger partial charge in [0.25, 0.3) is 0 Å². The lowest BCUT2D eigenvalue weighted by atomic mass is 10.1. The number of rotatable bonds is 4. The highest BCUT2D eigenvalue weighted by Gasteiger charge is 2.07. The second-order valence-corrected chi connectivity index (χ2v) is 5.99. The van der Waals surface area contributed by atoms with E-state index < -0.39 is 0 Å². The summed E-state index contributed by atoms with van der Waals surface area (Å²) in [5.41, 5.74) is 6.78. The van der Waals surface area contributed by atoms with Gasteiger partial charge in [0.1, 0.15) is 5.82 Å². The van der Waals surface area contributed by atoms with E-state index in [0.717, 1.165) is 16.9 Å². The van der Waals surface area contributed by atoms with Crippen LogP contribution in [0.25, 0.3) is 0 Å². The molecule has 0 bridgehead atoms. The van der Waals surface area contributed by atoms with Gasteiger partial charge in [0.15, 0.2) is 0 Å². The van der Waals surface area contributed by atoms with E-state index in [9.17, 15) is 4.39 Å². The van der Waals surface area contributed by atoms with E-state index in [4.69, 9.17) is 17.3 Å². The summed E-state index contributed by atoms with van der Waals surface area (Å²) in [5, 5.41) is 0.679. The Bertz CT molecular complexity index is 572. The lowest BCUT2D eigenvalue weighted by molar-refractivity contribution is 0.602. The van der Waals surface area contributed by atoms with Crippen LogP contribution in [0.15, 0.2) is 52.3 Å². The molecule has 0 amide bonds. The monoisotopic (exact) mass is 295 g/mol. The van der Waals surface area contributed by atoms with Crippen LogP contribution in [0.1, 0.15) is 12.5 Å². The molecule has 0 saturated carbocycles. The predicted octanol–water partition coefficient (Wildman–Crippen LogP) is 4.52. The minimum Gasteiger partial charge on any atom is -0.328 e. The maximum Gasteiger partial charge on any atom is 0.137 e. The second-order valence-electron chi connectivity index (χ2n) is 4.47. The molecule has 1 nitrogen and oxygen atoms in total. The molecule has 1 atom stereocenters. The molecule has 0 saturated heterocycles. The van der Waals surface area contributed by atoms with Gasteiger partial charge >= 0.3 is 0 Å². The summed E-state index contributed by atoms with van der Waals surface area (Å²) in [5.74, 6) is -0.219. The Morgan fingerprint density at radius 2 is 2.00 bits per heavy atom. The zero-order valence-corrected chi connectivity index (χ0v) is 12.1. The molecule has 0 spiro atoms. The Kier molecular flexibility index (Phi) is 4.86. The van der Waals surface area contributed by atoms with Gasteiger partial charge in [-0.1, -0.05) is 41.6 Å². The number of hydrogen-bond acceptors (Lipinski definition) is 2. The van der Waals surface area contributed by atoms with Gasteiger partial charge in [-0.2, -0.15) is 0 Å². The molecule has 0 heterocycles. The van der Waals surface area contributed by atoms with Gasteiger partial charge in [0, 0.05) is 20.9 Å². The van der Waals surface area contributed by atoms with Crippen LogP contribution in [0, 0.1) is 5.82 Å². The molecule has 0 fully saturated rings. The third-order valence-corrected chi connectivity index (χ3v) is 4.02. The molecule has 4 heteroatoms. The first-order valence-corrected chi connectivity index (χ1v) is 7.22. The van der Waals surface area contributed by atoms with Gasteiger partial charge in [0.05, 0.1) is 0 Å². The SMILES string of the molecule is CC(N)Cc1ccc(Sc2ccccc2F)cc1Cl. The van der Waals surface area contributed by atoms with Crippen molar-refractivity contribution in [3.8, 4) is 0 Å². The van der Waals surface area contributed by atoms with E-state index in [-0.39, 0.29) is 11.9 Å². The third-order valence-electron chi connectivity index (χ3n) is 2.63. The van der Waals surface area contributed by atoms with Crippen molar-refractivity contribution in [3.05, 3.63) is 58.9 Å². The van der Waals surface area contributed by atoms with E-state index in [1.54, 1.807) is 12.1 Å². The van der Waals surface area contributed by atoms with Crippen LogP contribution in [-0.2, 0) is 6.42 Å². The fourth-order valence-electron chi connectivity index (χ4n) is 1.76. The molecule has 0 aromatic heterocycles. The first-order valence-electron chi connectivity index (χ1n) is 6.02.